The molecule has 0 spiro atoms. The summed E-state index contributed by atoms with van der Waals surface area (Å²) in [6.07, 6.45) is 4.43. The average Bonchev–Trinajstić information content (AvgIpc) is 2.62. The average molecular weight is 333 g/mol. The monoisotopic (exact) mass is 333 g/mol. The molecule has 5 heteroatoms. The van der Waals surface area contributed by atoms with Crippen molar-refractivity contribution in [2.75, 3.05) is 33.3 Å². The van der Waals surface area contributed by atoms with E-state index in [0.29, 0.717) is 5.92 Å². The molecule has 2 N–H and O–H groups in total. The van der Waals surface area contributed by atoms with Crippen LogP contribution in [0.1, 0.15) is 38.2 Å². The highest BCUT2D eigenvalue weighted by Crippen LogP contribution is 2.19. The van der Waals surface area contributed by atoms with E-state index in [1.54, 1.807) is 7.11 Å². The molecule has 1 aliphatic heterocycles. The summed E-state index contributed by atoms with van der Waals surface area (Å²) < 4.78 is 5.20. The van der Waals surface area contributed by atoms with Gasteiger partial charge in [-0.3, -0.25) is 4.90 Å². The van der Waals surface area contributed by atoms with Gasteiger partial charge in [0.2, 0.25) is 0 Å². The highest BCUT2D eigenvalue weighted by molar-refractivity contribution is 5.73. The summed E-state index contributed by atoms with van der Waals surface area (Å²) in [7, 11) is 1.69. The summed E-state index contributed by atoms with van der Waals surface area (Å²) in [5, 5.41) is 5.91. The molecule has 5 nitrogen and oxygen atoms in total. The number of nitrogens with one attached hydrogen (secondary N) is 2. The van der Waals surface area contributed by atoms with Crippen molar-refractivity contribution in [2.24, 2.45) is 5.92 Å². The molecule has 0 aromatic heterocycles. The van der Waals surface area contributed by atoms with Gasteiger partial charge in [-0.2, -0.15) is 0 Å². The van der Waals surface area contributed by atoms with E-state index in [2.05, 4.69) is 34.6 Å². The van der Waals surface area contributed by atoms with Crippen LogP contribution in [-0.2, 0) is 6.54 Å². The van der Waals surface area contributed by atoms with Crippen molar-refractivity contribution in [3.05, 3.63) is 29.8 Å². The third-order valence-electron chi connectivity index (χ3n) is 4.64. The number of urea groups is 1. The standard InChI is InChI=1S/C19H31N3O2/c1-3-4-11-20-19(23)21-14-16-9-12-22(13-10-16)15-17-5-7-18(24-2)8-6-17/h5-8,16H,3-4,9-15H2,1-2H3,(H2,20,21,23). The summed E-state index contributed by atoms with van der Waals surface area (Å²) in [5.41, 5.74) is 1.32. The molecule has 2 amide bonds. The number of carbonyl (C=O) groups is 1. The minimum Gasteiger partial charge on any atom is -0.497 e. The van der Waals surface area contributed by atoms with Crippen LogP contribution in [0, 0.1) is 5.92 Å². The SMILES string of the molecule is CCCCNC(=O)NCC1CCN(Cc2ccc(OC)cc2)CC1. The van der Waals surface area contributed by atoms with Crippen LogP contribution in [0.2, 0.25) is 0 Å². The number of likely N-dealkylation sites (tertiary alicyclic amines) is 1. The number of unbranched alkanes of at least 4 members (excludes halogenated alkanes) is 1. The summed E-state index contributed by atoms with van der Waals surface area (Å²) >= 11 is 0. The van der Waals surface area contributed by atoms with Gasteiger partial charge in [-0.05, 0) is 56.0 Å². The van der Waals surface area contributed by atoms with E-state index < -0.39 is 0 Å². The lowest BCUT2D eigenvalue weighted by molar-refractivity contribution is 0.175. The second-order valence-electron chi connectivity index (χ2n) is 6.56. The van der Waals surface area contributed by atoms with Gasteiger partial charge >= 0.3 is 6.03 Å². The summed E-state index contributed by atoms with van der Waals surface area (Å²) in [4.78, 5) is 14.2. The van der Waals surface area contributed by atoms with E-state index in [-0.39, 0.29) is 6.03 Å². The molecular weight excluding hydrogens is 302 g/mol. The van der Waals surface area contributed by atoms with Crippen LogP contribution in [-0.4, -0.2) is 44.2 Å². The van der Waals surface area contributed by atoms with E-state index in [9.17, 15) is 4.79 Å². The molecule has 1 heterocycles. The number of ether oxygens (including phenoxy) is 1. The fourth-order valence-electron chi connectivity index (χ4n) is 3.02. The zero-order valence-electron chi connectivity index (χ0n) is 15.0. The minimum atomic E-state index is -0.0240. The molecule has 1 saturated heterocycles. The number of carbonyl (C=O) groups excluding carboxylic acids is 1. The predicted molar refractivity (Wildman–Crippen MR) is 97.3 cm³/mol. The molecule has 0 unspecified atom stereocenters. The lowest BCUT2D eigenvalue weighted by Gasteiger charge is -2.32. The largest absolute Gasteiger partial charge is 0.497 e. The predicted octanol–water partition coefficient (Wildman–Crippen LogP) is 3.01. The molecule has 0 aliphatic carbocycles. The Morgan fingerprint density at radius 3 is 2.54 bits per heavy atom. The summed E-state index contributed by atoms with van der Waals surface area (Å²) in [6.45, 7) is 6.85. The van der Waals surface area contributed by atoms with Gasteiger partial charge in [-0.1, -0.05) is 25.5 Å². The Bertz CT molecular complexity index is 482. The quantitative estimate of drug-likeness (QED) is 0.719. The van der Waals surface area contributed by atoms with E-state index >= 15 is 0 Å². The van der Waals surface area contributed by atoms with Gasteiger partial charge in [0.05, 0.1) is 7.11 Å². The van der Waals surface area contributed by atoms with Crippen molar-refractivity contribution in [3.63, 3.8) is 0 Å². The van der Waals surface area contributed by atoms with E-state index in [4.69, 9.17) is 4.74 Å². The van der Waals surface area contributed by atoms with Crippen molar-refractivity contribution in [1.82, 2.24) is 15.5 Å². The first-order chi connectivity index (χ1) is 11.7. The van der Waals surface area contributed by atoms with Crippen LogP contribution >= 0.6 is 0 Å². The Morgan fingerprint density at radius 2 is 1.92 bits per heavy atom. The molecule has 0 saturated carbocycles. The van der Waals surface area contributed by atoms with Gasteiger partial charge in [0.25, 0.3) is 0 Å². The Hall–Kier alpha value is -1.75. The number of amides is 2. The maximum Gasteiger partial charge on any atom is 0.314 e. The Labute approximate surface area is 145 Å². The Morgan fingerprint density at radius 1 is 1.21 bits per heavy atom. The van der Waals surface area contributed by atoms with E-state index in [0.717, 1.165) is 64.2 Å². The molecule has 0 atom stereocenters. The second-order valence-corrected chi connectivity index (χ2v) is 6.56. The molecular formula is C19H31N3O2. The lowest BCUT2D eigenvalue weighted by atomic mass is 9.96. The van der Waals surface area contributed by atoms with Gasteiger partial charge in [-0.15, -0.1) is 0 Å². The number of hydrogen-bond donors (Lipinski definition) is 2. The van der Waals surface area contributed by atoms with Crippen LogP contribution in [0.4, 0.5) is 4.79 Å². The molecule has 1 fully saturated rings. The van der Waals surface area contributed by atoms with Crippen LogP contribution in [0.25, 0.3) is 0 Å². The smallest absolute Gasteiger partial charge is 0.314 e. The summed E-state index contributed by atoms with van der Waals surface area (Å²) in [6, 6.07) is 8.27. The van der Waals surface area contributed by atoms with Gasteiger partial charge in [-0.25, -0.2) is 4.79 Å². The van der Waals surface area contributed by atoms with Crippen molar-refractivity contribution in [1.29, 1.82) is 0 Å². The third-order valence-corrected chi connectivity index (χ3v) is 4.64. The van der Waals surface area contributed by atoms with Crippen LogP contribution in [0.3, 0.4) is 0 Å². The molecule has 1 aromatic carbocycles. The number of hydrogen-bond acceptors (Lipinski definition) is 3. The van der Waals surface area contributed by atoms with Crippen molar-refractivity contribution < 1.29 is 9.53 Å². The third kappa shape index (κ3) is 6.40. The first kappa shape index (κ1) is 18.6. The normalized spacial score (nSPS) is 15.9. The molecule has 1 aromatic rings. The van der Waals surface area contributed by atoms with Gasteiger partial charge in [0.15, 0.2) is 0 Å². The number of rotatable bonds is 8. The fraction of sp³-hybridized carbons (Fsp3) is 0.632. The molecule has 0 radical (unpaired) electrons. The maximum absolute atomic E-state index is 11.7. The van der Waals surface area contributed by atoms with Crippen LogP contribution < -0.4 is 15.4 Å². The van der Waals surface area contributed by atoms with E-state index in [1.165, 1.54) is 5.56 Å². The minimum absolute atomic E-state index is 0.0240. The van der Waals surface area contributed by atoms with Crippen molar-refractivity contribution in [3.8, 4) is 5.75 Å². The topological polar surface area (TPSA) is 53.6 Å². The number of piperidine rings is 1. The zero-order valence-corrected chi connectivity index (χ0v) is 15.0. The van der Waals surface area contributed by atoms with Crippen molar-refractivity contribution in [2.45, 2.75) is 39.2 Å². The highest BCUT2D eigenvalue weighted by atomic mass is 16.5. The number of methoxy groups -OCH3 is 1. The van der Waals surface area contributed by atoms with Gasteiger partial charge in [0, 0.05) is 19.6 Å². The number of benzene rings is 1. The van der Waals surface area contributed by atoms with Gasteiger partial charge < -0.3 is 15.4 Å². The number of nitrogens with zero attached hydrogens (tertiary/aromatic N) is 1. The molecule has 24 heavy (non-hydrogen) atoms. The Balaban J connectivity index is 1.63. The van der Waals surface area contributed by atoms with Crippen molar-refractivity contribution >= 4 is 6.03 Å². The molecule has 0 bridgehead atoms. The molecule has 2 rings (SSSR count). The molecule has 134 valence electrons. The highest BCUT2D eigenvalue weighted by Gasteiger charge is 2.19. The fourth-order valence-corrected chi connectivity index (χ4v) is 3.02. The first-order valence-corrected chi connectivity index (χ1v) is 9.08. The molecule has 1 aliphatic rings. The first-order valence-electron chi connectivity index (χ1n) is 9.08. The van der Waals surface area contributed by atoms with Crippen LogP contribution in [0.15, 0.2) is 24.3 Å². The van der Waals surface area contributed by atoms with Gasteiger partial charge in [0.1, 0.15) is 5.75 Å². The maximum atomic E-state index is 11.7. The van der Waals surface area contributed by atoms with Crippen LogP contribution in [0.5, 0.6) is 5.75 Å². The second kappa shape index (κ2) is 10.2. The van der Waals surface area contributed by atoms with E-state index in [1.807, 2.05) is 12.1 Å². The summed E-state index contributed by atoms with van der Waals surface area (Å²) in [5.74, 6) is 1.50. The lowest BCUT2D eigenvalue weighted by Crippen LogP contribution is -2.42. The Kier molecular flexibility index (Phi) is 7.89. The zero-order chi connectivity index (χ0) is 17.2.